The van der Waals surface area contributed by atoms with Crippen molar-refractivity contribution in [1.29, 1.82) is 0 Å². The topological polar surface area (TPSA) is 58.2 Å². The molecular weight excluding hydrogens is 192 g/mol. The van der Waals surface area contributed by atoms with E-state index in [-0.39, 0.29) is 35.7 Å². The minimum atomic E-state index is -0.105. The Hall–Kier alpha value is -1.06. The smallest absolute Gasteiger partial charge is 0.224 e. The van der Waals surface area contributed by atoms with Crippen LogP contribution in [-0.4, -0.2) is 23.9 Å². The molecule has 86 valence electrons. The molecule has 2 amide bonds. The Kier molecular flexibility index (Phi) is 3.72. The molecule has 2 N–H and O–H groups in total. The molecule has 0 radical (unpaired) electrons. The van der Waals surface area contributed by atoms with Crippen LogP contribution in [0, 0.1) is 11.8 Å². The zero-order valence-corrected chi connectivity index (χ0v) is 9.83. The minimum absolute atomic E-state index is 0.00825. The van der Waals surface area contributed by atoms with E-state index in [1.54, 1.807) is 0 Å². The second-order valence-corrected chi connectivity index (χ2v) is 4.78. The van der Waals surface area contributed by atoms with E-state index in [4.69, 9.17) is 0 Å². The van der Waals surface area contributed by atoms with E-state index < -0.39 is 0 Å². The maximum Gasteiger partial charge on any atom is 0.224 e. The summed E-state index contributed by atoms with van der Waals surface area (Å²) in [5.74, 6) is -0.194. The highest BCUT2D eigenvalue weighted by Crippen LogP contribution is 2.38. The molecule has 1 rings (SSSR count). The van der Waals surface area contributed by atoms with E-state index in [0.29, 0.717) is 6.42 Å². The Balaban J connectivity index is 2.33. The van der Waals surface area contributed by atoms with Gasteiger partial charge in [0.1, 0.15) is 0 Å². The first-order valence-corrected chi connectivity index (χ1v) is 5.52. The Morgan fingerprint density at radius 3 is 1.53 bits per heavy atom. The van der Waals surface area contributed by atoms with Crippen molar-refractivity contribution in [3.8, 4) is 0 Å². The SMILES string of the molecule is CC(C)NC(=O)C1CC1C(=O)NC(C)C. The van der Waals surface area contributed by atoms with Crippen LogP contribution in [0.4, 0.5) is 0 Å². The molecule has 0 heterocycles. The van der Waals surface area contributed by atoms with Gasteiger partial charge in [-0.2, -0.15) is 0 Å². The van der Waals surface area contributed by atoms with Crippen molar-refractivity contribution in [2.75, 3.05) is 0 Å². The van der Waals surface area contributed by atoms with E-state index in [2.05, 4.69) is 10.6 Å². The van der Waals surface area contributed by atoms with E-state index in [1.807, 2.05) is 27.7 Å². The highest BCUT2D eigenvalue weighted by molar-refractivity contribution is 5.92. The molecule has 15 heavy (non-hydrogen) atoms. The third-order valence-corrected chi connectivity index (χ3v) is 2.33. The van der Waals surface area contributed by atoms with Gasteiger partial charge in [-0.15, -0.1) is 0 Å². The van der Waals surface area contributed by atoms with Gasteiger partial charge in [-0.05, 0) is 34.1 Å². The lowest BCUT2D eigenvalue weighted by atomic mass is 10.2. The van der Waals surface area contributed by atoms with Crippen molar-refractivity contribution >= 4 is 11.8 Å². The van der Waals surface area contributed by atoms with Crippen molar-refractivity contribution in [2.24, 2.45) is 11.8 Å². The molecule has 0 spiro atoms. The van der Waals surface area contributed by atoms with Gasteiger partial charge in [0.05, 0.1) is 11.8 Å². The number of hydrogen-bond acceptors (Lipinski definition) is 2. The van der Waals surface area contributed by atoms with Gasteiger partial charge < -0.3 is 10.6 Å². The molecule has 4 heteroatoms. The summed E-state index contributed by atoms with van der Waals surface area (Å²) in [5, 5.41) is 5.65. The summed E-state index contributed by atoms with van der Waals surface area (Å²) in [6.07, 6.45) is 0.692. The van der Waals surface area contributed by atoms with Crippen molar-refractivity contribution in [2.45, 2.75) is 46.2 Å². The molecule has 0 aromatic carbocycles. The number of hydrogen-bond donors (Lipinski definition) is 2. The Labute approximate surface area is 90.8 Å². The number of nitrogens with one attached hydrogen (secondary N) is 2. The summed E-state index contributed by atoms with van der Waals surface area (Å²) in [5.41, 5.74) is 0. The number of amides is 2. The molecule has 0 saturated heterocycles. The van der Waals surface area contributed by atoms with Crippen LogP contribution in [0.15, 0.2) is 0 Å². The van der Waals surface area contributed by atoms with Gasteiger partial charge in [-0.25, -0.2) is 0 Å². The van der Waals surface area contributed by atoms with Crippen molar-refractivity contribution in [1.82, 2.24) is 10.6 Å². The van der Waals surface area contributed by atoms with Gasteiger partial charge in [0.2, 0.25) is 11.8 Å². The zero-order chi connectivity index (χ0) is 11.6. The standard InChI is InChI=1S/C11H20N2O2/c1-6(2)12-10(14)8-5-9(8)11(15)13-7(3)4/h6-9H,5H2,1-4H3,(H,12,14)(H,13,15). The Morgan fingerprint density at radius 1 is 0.933 bits per heavy atom. The summed E-state index contributed by atoms with van der Waals surface area (Å²) in [7, 11) is 0. The molecular formula is C11H20N2O2. The zero-order valence-electron chi connectivity index (χ0n) is 9.83. The molecule has 0 bridgehead atoms. The van der Waals surface area contributed by atoms with Crippen LogP contribution in [-0.2, 0) is 9.59 Å². The van der Waals surface area contributed by atoms with Crippen molar-refractivity contribution < 1.29 is 9.59 Å². The van der Waals surface area contributed by atoms with Crippen LogP contribution in [0.1, 0.15) is 34.1 Å². The third-order valence-electron chi connectivity index (χ3n) is 2.33. The fraction of sp³-hybridized carbons (Fsp3) is 0.818. The van der Waals surface area contributed by atoms with E-state index >= 15 is 0 Å². The predicted molar refractivity (Wildman–Crippen MR) is 58.2 cm³/mol. The van der Waals surface area contributed by atoms with E-state index in [0.717, 1.165) is 0 Å². The summed E-state index contributed by atoms with van der Waals surface area (Å²) in [4.78, 5) is 23.1. The van der Waals surface area contributed by atoms with Gasteiger partial charge >= 0.3 is 0 Å². The highest BCUT2D eigenvalue weighted by Gasteiger charge is 2.48. The van der Waals surface area contributed by atoms with Crippen molar-refractivity contribution in [3.63, 3.8) is 0 Å². The second-order valence-electron chi connectivity index (χ2n) is 4.78. The quantitative estimate of drug-likeness (QED) is 0.719. The first-order valence-electron chi connectivity index (χ1n) is 5.52. The fourth-order valence-corrected chi connectivity index (χ4v) is 1.56. The van der Waals surface area contributed by atoms with E-state index in [1.165, 1.54) is 0 Å². The van der Waals surface area contributed by atoms with Gasteiger partial charge in [-0.1, -0.05) is 0 Å². The number of carbonyl (C=O) groups is 2. The molecule has 0 aliphatic heterocycles. The molecule has 0 aromatic rings. The van der Waals surface area contributed by atoms with Crippen LogP contribution >= 0.6 is 0 Å². The Morgan fingerprint density at radius 2 is 1.27 bits per heavy atom. The first kappa shape index (κ1) is 12.0. The molecule has 1 fully saturated rings. The average molecular weight is 212 g/mol. The molecule has 1 aliphatic rings. The van der Waals surface area contributed by atoms with Crippen LogP contribution in [0.2, 0.25) is 0 Å². The number of rotatable bonds is 4. The van der Waals surface area contributed by atoms with Gasteiger partial charge in [0.15, 0.2) is 0 Å². The van der Waals surface area contributed by atoms with E-state index in [9.17, 15) is 9.59 Å². The first-order chi connectivity index (χ1) is 6.91. The molecule has 4 nitrogen and oxygen atoms in total. The summed E-state index contributed by atoms with van der Waals surface area (Å²) >= 11 is 0. The normalized spacial score (nSPS) is 24.1. The lowest BCUT2D eigenvalue weighted by molar-refractivity contribution is -0.127. The molecule has 1 aliphatic carbocycles. The second kappa shape index (κ2) is 4.64. The predicted octanol–water partition coefficient (Wildman–Crippen LogP) is 0.672. The van der Waals surface area contributed by atoms with Gasteiger partial charge in [-0.3, -0.25) is 9.59 Å². The van der Waals surface area contributed by atoms with Crippen LogP contribution < -0.4 is 10.6 Å². The third kappa shape index (κ3) is 3.53. The number of carbonyl (C=O) groups excluding carboxylic acids is 2. The monoisotopic (exact) mass is 212 g/mol. The summed E-state index contributed by atoms with van der Waals surface area (Å²) < 4.78 is 0. The fourth-order valence-electron chi connectivity index (χ4n) is 1.56. The highest BCUT2D eigenvalue weighted by atomic mass is 16.2. The van der Waals surface area contributed by atoms with Gasteiger partial charge in [0.25, 0.3) is 0 Å². The van der Waals surface area contributed by atoms with Gasteiger partial charge in [0, 0.05) is 12.1 Å². The molecule has 1 saturated carbocycles. The largest absolute Gasteiger partial charge is 0.354 e. The summed E-state index contributed by atoms with van der Waals surface area (Å²) in [6.45, 7) is 7.68. The maximum atomic E-state index is 11.5. The van der Waals surface area contributed by atoms with Crippen LogP contribution in [0.25, 0.3) is 0 Å². The van der Waals surface area contributed by atoms with Crippen molar-refractivity contribution in [3.05, 3.63) is 0 Å². The summed E-state index contributed by atoms with van der Waals surface area (Å²) in [6, 6.07) is 0.291. The maximum absolute atomic E-state index is 11.5. The average Bonchev–Trinajstić information content (AvgIpc) is 2.79. The van der Waals surface area contributed by atoms with Crippen LogP contribution in [0.5, 0.6) is 0 Å². The lowest BCUT2D eigenvalue weighted by Gasteiger charge is -2.09. The molecule has 0 aromatic heterocycles. The molecule has 2 atom stereocenters. The van der Waals surface area contributed by atoms with Crippen LogP contribution in [0.3, 0.4) is 0 Å². The molecule has 2 unspecified atom stereocenters. The minimum Gasteiger partial charge on any atom is -0.354 e. The Bertz CT molecular complexity index is 235. The lowest BCUT2D eigenvalue weighted by Crippen LogP contribution is -2.35.